The van der Waals surface area contributed by atoms with E-state index in [1.165, 1.54) is 30.3 Å². The van der Waals surface area contributed by atoms with Gasteiger partial charge in [-0.3, -0.25) is 14.4 Å². The molecule has 41 heteroatoms. The van der Waals surface area contributed by atoms with Crippen LogP contribution in [0.2, 0.25) is 60.3 Å². The van der Waals surface area contributed by atoms with Crippen LogP contribution in [0, 0.1) is 0 Å². The summed E-state index contributed by atoms with van der Waals surface area (Å²) in [7, 11) is 0. The first-order chi connectivity index (χ1) is 47.6. The van der Waals surface area contributed by atoms with Crippen LogP contribution < -0.4 is 27.7 Å². The van der Waals surface area contributed by atoms with Gasteiger partial charge in [0, 0.05) is 66.2 Å². The molecule has 0 amide bonds. The maximum absolute atomic E-state index is 15.8. The molecule has 0 unspecified atom stereocenters. The van der Waals surface area contributed by atoms with Crippen molar-refractivity contribution in [2.75, 3.05) is 0 Å². The van der Waals surface area contributed by atoms with Crippen molar-refractivity contribution in [3.63, 3.8) is 0 Å². The minimum Gasteiger partial charge on any atom is -0.576 e. The van der Waals surface area contributed by atoms with Crippen molar-refractivity contribution in [2.45, 2.75) is 0 Å². The van der Waals surface area contributed by atoms with E-state index < -0.39 is 111 Å². The molecule has 6 aromatic carbocycles. The Kier molecular flexibility index (Phi) is 22.2. The molecule has 7 heterocycles. The van der Waals surface area contributed by atoms with Crippen LogP contribution >= 0.6 is 330 Å². The summed E-state index contributed by atoms with van der Waals surface area (Å²) in [5.74, 6) is -4.59. The van der Waals surface area contributed by atoms with Crippen molar-refractivity contribution >= 4 is 411 Å². The van der Waals surface area contributed by atoms with E-state index in [0.717, 1.165) is 0 Å². The lowest BCUT2D eigenvalue weighted by Gasteiger charge is -2.24. The Morgan fingerprint density at radius 3 is 1.04 bits per heavy atom. The number of rotatable bonds is 5. The molecule has 8 bridgehead atoms. The van der Waals surface area contributed by atoms with Crippen molar-refractivity contribution in [1.29, 1.82) is 0 Å². The molecule has 0 spiro atoms. The summed E-state index contributed by atoms with van der Waals surface area (Å²) < 4.78 is 58.4. The third-order valence-corrected chi connectivity index (χ3v) is 31.2. The van der Waals surface area contributed by atoms with E-state index in [1.807, 2.05) is 0 Å². The summed E-state index contributed by atoms with van der Waals surface area (Å²) in [6.07, 6.45) is 0. The molecule has 0 saturated carbocycles. The molecule has 0 N–H and O–H groups in total. The van der Waals surface area contributed by atoms with E-state index in [9.17, 15) is 14.4 Å². The number of carbonyl (C=O) groups excluding carboxylic acids is 3. The summed E-state index contributed by atoms with van der Waals surface area (Å²) in [5.41, 5.74) is -3.26. The maximum Gasteiger partial charge on any atom is 1.20 e. The molecule has 6 aromatic rings. The van der Waals surface area contributed by atoms with E-state index in [1.54, 1.807) is 6.07 Å². The highest BCUT2D eigenvalue weighted by molar-refractivity contribution is 9.12. The van der Waals surface area contributed by atoms with Gasteiger partial charge in [0.25, 0.3) is 0 Å². The van der Waals surface area contributed by atoms with Crippen molar-refractivity contribution in [1.82, 2.24) is 0 Å². The number of fused-ring (bicyclic) bond motifs is 12. The third-order valence-electron chi connectivity index (χ3n) is 15.4. The number of hydrogen-bond donors (Lipinski definition) is 0. The minimum atomic E-state index is -4.56. The lowest BCUT2D eigenvalue weighted by molar-refractivity contribution is 0.0527. The largest absolute Gasteiger partial charge is 1.20 e. The highest BCUT2D eigenvalue weighted by atomic mass is 79.9. The lowest BCUT2D eigenvalue weighted by Crippen LogP contribution is -2.36. The van der Waals surface area contributed by atoms with Crippen LogP contribution in [0.3, 0.4) is 0 Å². The second kappa shape index (κ2) is 29.0. The molecule has 101 heavy (non-hydrogen) atoms. The number of halogens is 24. The molecular weight excluding hydrogens is 2400 g/mol. The van der Waals surface area contributed by atoms with Gasteiger partial charge in [-0.05, 0) is 228 Å². The van der Waals surface area contributed by atoms with E-state index in [-0.39, 0.29) is 201 Å². The van der Waals surface area contributed by atoms with Crippen molar-refractivity contribution in [3.8, 4) is 84.6 Å². The minimum absolute atomic E-state index is 0.00275. The normalized spacial score (nSPS) is 13.0. The molecule has 3 aliphatic carbocycles. The Morgan fingerprint density at radius 1 is 0.327 bits per heavy atom. The summed E-state index contributed by atoms with van der Waals surface area (Å²) in [6, 6.07) is 8.82. The molecule has 0 saturated heterocycles. The van der Waals surface area contributed by atoms with Crippen LogP contribution in [-0.4, -0.2) is 48.2 Å². The molecule has 0 atom stereocenters. The van der Waals surface area contributed by atoms with Gasteiger partial charge in [-0.2, -0.15) is 0 Å². The first-order valence-electron chi connectivity index (χ1n) is 26.6. The molecule has 16 rings (SSSR count). The zero-order valence-corrected chi connectivity index (χ0v) is 77.2. The second-order valence-electron chi connectivity index (χ2n) is 20.9. The monoisotopic (exact) mass is 2390 g/mol. The molecular formula is C60H6Al2Br12Cl12O15. The molecule has 15 nitrogen and oxygen atoms in total. The fourth-order valence-electron chi connectivity index (χ4n) is 11.1. The fourth-order valence-corrected chi connectivity index (χ4v) is 25.5. The smallest absolute Gasteiger partial charge is 0.576 e. The van der Waals surface area contributed by atoms with Crippen molar-refractivity contribution < 1.29 is 50.4 Å². The number of hydrogen-bond acceptors (Lipinski definition) is 15. The van der Waals surface area contributed by atoms with Gasteiger partial charge in [-0.1, -0.05) is 139 Å². The summed E-state index contributed by atoms with van der Waals surface area (Å²) in [5, 5.41) is -4.06. The Hall–Kier alpha value is -0.495. The van der Waals surface area contributed by atoms with Crippen LogP contribution in [-0.2, 0) is 11.4 Å². The molecule has 7 aliphatic heterocycles. The Labute approximate surface area is 733 Å². The van der Waals surface area contributed by atoms with Crippen LogP contribution in [0.25, 0.3) is 100 Å². The number of benzene rings is 9. The van der Waals surface area contributed by atoms with Gasteiger partial charge in [0.15, 0.2) is 34.0 Å². The van der Waals surface area contributed by atoms with Crippen molar-refractivity contribution in [3.05, 3.63) is 198 Å². The quantitative estimate of drug-likeness (QED) is 0.0682. The second-order valence-corrected chi connectivity index (χ2v) is 37.9. The standard InChI is InChI=1S/3C20H4Br4Cl4O5.2Al/c3*21-5-1-3-7(8-9(20(31)32)13(26)15(28)14(27)12(8)25)4-2-6(22)17(30)11(24)19(4)33-18(3)10(23)16(5)29;;/h3*1-2,29H,(H,31,32);;/q;;;2*+3/p-6. The average molecular weight is 2400 g/mol. The average Bonchev–Trinajstić information content (AvgIpc) is 1.48. The van der Waals surface area contributed by atoms with E-state index >= 15 is 14.4 Å². The zero-order chi connectivity index (χ0) is 72.9. The predicted octanol–water partition coefficient (Wildman–Crippen LogP) is 28.3. The van der Waals surface area contributed by atoms with Crippen LogP contribution in [0.4, 0.5) is 0 Å². The first kappa shape index (κ1) is 77.2. The van der Waals surface area contributed by atoms with Gasteiger partial charge < -0.3 is 36.0 Å². The highest BCUT2D eigenvalue weighted by Gasteiger charge is 2.53. The maximum atomic E-state index is 15.8. The molecule has 10 aliphatic rings. The summed E-state index contributed by atoms with van der Waals surface area (Å²) in [4.78, 5) is 87.2. The van der Waals surface area contributed by atoms with Crippen LogP contribution in [0.5, 0.6) is 17.2 Å². The van der Waals surface area contributed by atoms with Gasteiger partial charge in [-0.25, -0.2) is 14.4 Å². The van der Waals surface area contributed by atoms with Crippen LogP contribution in [0.15, 0.2) is 118 Å². The van der Waals surface area contributed by atoms with Crippen molar-refractivity contribution in [2.24, 2.45) is 0 Å². The Balaban J connectivity index is 0.953. The molecule has 0 radical (unpaired) electrons. The Bertz CT molecular complexity index is 6070. The van der Waals surface area contributed by atoms with Gasteiger partial charge in [0.05, 0.1) is 104 Å². The van der Waals surface area contributed by atoms with Crippen LogP contribution in [0.1, 0.15) is 31.1 Å². The van der Waals surface area contributed by atoms with E-state index in [0.29, 0.717) is 0 Å². The highest BCUT2D eigenvalue weighted by Crippen LogP contribution is 2.60. The predicted molar refractivity (Wildman–Crippen MR) is 436 cm³/mol. The van der Waals surface area contributed by atoms with E-state index in [4.69, 9.17) is 175 Å². The fraction of sp³-hybridized carbons (Fsp3) is 0. The Morgan fingerprint density at radius 2 is 0.644 bits per heavy atom. The topological polar surface area (TPSA) is 197 Å². The molecule has 510 valence electrons. The van der Waals surface area contributed by atoms with Gasteiger partial charge in [0.1, 0.15) is 44.1 Å². The molecule has 0 fully saturated rings. The zero-order valence-electron chi connectivity index (χ0n) is 46.8. The van der Waals surface area contributed by atoms with Gasteiger partial charge in [0.2, 0.25) is 16.3 Å². The third kappa shape index (κ3) is 12.5. The molecule has 0 aromatic heterocycles. The summed E-state index contributed by atoms with van der Waals surface area (Å²) in [6.45, 7) is 0. The SMILES string of the molecule is O=C1[O][Al]([O]C(=O)c2c(Cl)c(Cl)c(Cl)c(Cl)c2-c2c3cc(Br)c(=O)c(Br)c-3oc3c(Br)c([O][Al]4[O]C(=O)c5c(Cl)c(Cl)c(Cl)c(Cl)c5-c5c6cc(Br)c(=O)c(Br)c-6oc6c(Br)c(c(Br)cc56)[O]4)c(Br)cc23)[O]c2c(Br)cc3c(c4cc(Br)c(=O)c(Br)c-4oc3c2Br)-c2c(Cl)c(Cl)c(Cl)c(Cl)c21. The summed E-state index contributed by atoms with van der Waals surface area (Å²) >= 11 is 117. The number of carbonyl (C=O) groups is 3. The van der Waals surface area contributed by atoms with Gasteiger partial charge >= 0.3 is 48.2 Å². The van der Waals surface area contributed by atoms with E-state index in [2.05, 4.69) is 191 Å². The first-order valence-corrected chi connectivity index (χ1v) is 43.5. The van der Waals surface area contributed by atoms with Gasteiger partial charge in [-0.15, -0.1) is 0 Å². The lowest BCUT2D eigenvalue weighted by atomic mass is 9.90.